The molecule has 0 radical (unpaired) electrons. The van der Waals surface area contributed by atoms with Gasteiger partial charge in [-0.3, -0.25) is 4.79 Å². The van der Waals surface area contributed by atoms with Crippen LogP contribution >= 0.6 is 12.4 Å². The molecular formula is C18H29ClN2O3. The third-order valence-corrected chi connectivity index (χ3v) is 4.49. The van der Waals surface area contributed by atoms with E-state index < -0.39 is 0 Å². The minimum absolute atomic E-state index is 0. The number of benzene rings is 1. The summed E-state index contributed by atoms with van der Waals surface area (Å²) < 4.78 is 10.6. The molecule has 1 aliphatic heterocycles. The Hall–Kier alpha value is -1.46. The Labute approximate surface area is 150 Å². The largest absolute Gasteiger partial charge is 0.493 e. The molecule has 1 amide bonds. The summed E-state index contributed by atoms with van der Waals surface area (Å²) in [5, 5.41) is 6.42. The van der Waals surface area contributed by atoms with E-state index in [1.54, 1.807) is 14.2 Å². The molecule has 0 saturated carbocycles. The number of amides is 1. The molecule has 1 atom stereocenters. The van der Waals surface area contributed by atoms with Crippen LogP contribution in [0.3, 0.4) is 0 Å². The van der Waals surface area contributed by atoms with Crippen molar-refractivity contribution in [2.45, 2.75) is 44.6 Å². The van der Waals surface area contributed by atoms with Gasteiger partial charge in [-0.25, -0.2) is 0 Å². The maximum atomic E-state index is 12.1. The van der Waals surface area contributed by atoms with Crippen molar-refractivity contribution in [3.8, 4) is 11.5 Å². The molecule has 5 nitrogen and oxygen atoms in total. The average molecular weight is 357 g/mol. The summed E-state index contributed by atoms with van der Waals surface area (Å²) in [5.74, 6) is 1.53. The van der Waals surface area contributed by atoms with E-state index in [0.29, 0.717) is 30.5 Å². The van der Waals surface area contributed by atoms with Crippen LogP contribution in [0.2, 0.25) is 0 Å². The van der Waals surface area contributed by atoms with Crippen LogP contribution in [0.15, 0.2) is 18.2 Å². The number of carbonyl (C=O) groups is 1. The zero-order valence-electron chi connectivity index (χ0n) is 15.0. The van der Waals surface area contributed by atoms with Crippen LogP contribution in [0, 0.1) is 0 Å². The first kappa shape index (κ1) is 20.6. The molecule has 1 aromatic rings. The number of nitrogens with one attached hydrogen (secondary N) is 2. The van der Waals surface area contributed by atoms with Crippen molar-refractivity contribution < 1.29 is 14.3 Å². The van der Waals surface area contributed by atoms with E-state index >= 15 is 0 Å². The number of rotatable bonds is 7. The summed E-state index contributed by atoms with van der Waals surface area (Å²) in [5.41, 5.74) is 0.924. The monoisotopic (exact) mass is 356 g/mol. The third kappa shape index (κ3) is 5.28. The smallest absolute Gasteiger partial charge is 0.221 e. The normalized spacial score (nSPS) is 17.1. The number of methoxy groups -OCH3 is 2. The molecule has 24 heavy (non-hydrogen) atoms. The van der Waals surface area contributed by atoms with Crippen molar-refractivity contribution in [2.24, 2.45) is 0 Å². The highest BCUT2D eigenvalue weighted by molar-refractivity contribution is 5.85. The van der Waals surface area contributed by atoms with Gasteiger partial charge in [0.1, 0.15) is 0 Å². The molecule has 2 N–H and O–H groups in total. The molecule has 1 unspecified atom stereocenters. The van der Waals surface area contributed by atoms with Gasteiger partial charge < -0.3 is 20.1 Å². The van der Waals surface area contributed by atoms with Gasteiger partial charge in [0.25, 0.3) is 0 Å². The van der Waals surface area contributed by atoms with E-state index in [2.05, 4.69) is 24.5 Å². The Morgan fingerprint density at radius 3 is 2.58 bits per heavy atom. The van der Waals surface area contributed by atoms with Gasteiger partial charge >= 0.3 is 0 Å². The topological polar surface area (TPSA) is 59.6 Å². The quantitative estimate of drug-likeness (QED) is 0.788. The van der Waals surface area contributed by atoms with Crippen molar-refractivity contribution in [1.29, 1.82) is 0 Å². The molecule has 136 valence electrons. The number of halogens is 1. The lowest BCUT2D eigenvalue weighted by atomic mass is 9.84. The van der Waals surface area contributed by atoms with Crippen molar-refractivity contribution in [3.63, 3.8) is 0 Å². The molecule has 0 aromatic heterocycles. The van der Waals surface area contributed by atoms with Gasteiger partial charge in [0, 0.05) is 24.4 Å². The number of hydrogen-bond acceptors (Lipinski definition) is 4. The van der Waals surface area contributed by atoms with Crippen LogP contribution in [0.25, 0.3) is 0 Å². The van der Waals surface area contributed by atoms with E-state index in [-0.39, 0.29) is 23.7 Å². The fourth-order valence-electron chi connectivity index (χ4n) is 2.91. The third-order valence-electron chi connectivity index (χ3n) is 4.49. The van der Waals surface area contributed by atoms with Gasteiger partial charge in [-0.15, -0.1) is 12.4 Å². The van der Waals surface area contributed by atoms with Gasteiger partial charge in [0.15, 0.2) is 11.5 Å². The number of carbonyl (C=O) groups excluding carboxylic acids is 1. The minimum atomic E-state index is -0.182. The van der Waals surface area contributed by atoms with Gasteiger partial charge in [0.05, 0.1) is 14.2 Å². The van der Waals surface area contributed by atoms with Crippen LogP contribution in [0.1, 0.15) is 38.7 Å². The van der Waals surface area contributed by atoms with Crippen LogP contribution in [-0.4, -0.2) is 39.3 Å². The van der Waals surface area contributed by atoms with Crippen LogP contribution in [-0.2, 0) is 10.2 Å². The maximum absolute atomic E-state index is 12.1. The van der Waals surface area contributed by atoms with Crippen LogP contribution in [0.4, 0.5) is 0 Å². The fraction of sp³-hybridized carbons (Fsp3) is 0.611. The summed E-state index contributed by atoms with van der Waals surface area (Å²) >= 11 is 0. The standard InChI is InChI=1S/C18H28N2O3.ClH/c1-18(2,12-20-17(21)11-14-6-5-9-19-14)13-7-8-15(22-3)16(10-13)23-4;/h7-8,10,14,19H,5-6,9,11-12H2,1-4H3,(H,20,21);1H. The second-order valence-electron chi connectivity index (χ2n) is 6.73. The van der Waals surface area contributed by atoms with Crippen molar-refractivity contribution >= 4 is 18.3 Å². The molecule has 1 aliphatic rings. The first-order valence-electron chi connectivity index (χ1n) is 8.19. The summed E-state index contributed by atoms with van der Waals surface area (Å²) in [6.07, 6.45) is 2.81. The fourth-order valence-corrected chi connectivity index (χ4v) is 2.91. The lowest BCUT2D eigenvalue weighted by Gasteiger charge is -2.27. The highest BCUT2D eigenvalue weighted by atomic mass is 35.5. The van der Waals surface area contributed by atoms with E-state index in [4.69, 9.17) is 9.47 Å². The highest BCUT2D eigenvalue weighted by Gasteiger charge is 2.24. The molecule has 1 saturated heterocycles. The van der Waals surface area contributed by atoms with Gasteiger partial charge in [-0.2, -0.15) is 0 Å². The lowest BCUT2D eigenvalue weighted by molar-refractivity contribution is -0.121. The Morgan fingerprint density at radius 2 is 2.00 bits per heavy atom. The average Bonchev–Trinajstić information content (AvgIpc) is 3.05. The van der Waals surface area contributed by atoms with Crippen molar-refractivity contribution in [1.82, 2.24) is 10.6 Å². The van der Waals surface area contributed by atoms with Crippen molar-refractivity contribution in [2.75, 3.05) is 27.3 Å². The van der Waals surface area contributed by atoms with Crippen molar-refractivity contribution in [3.05, 3.63) is 23.8 Å². The summed E-state index contributed by atoms with van der Waals surface area (Å²) in [4.78, 5) is 12.1. The van der Waals surface area contributed by atoms with Gasteiger partial charge in [0.2, 0.25) is 5.91 Å². The summed E-state index contributed by atoms with van der Waals surface area (Å²) in [7, 11) is 3.25. The molecule has 6 heteroatoms. The summed E-state index contributed by atoms with van der Waals surface area (Å²) in [6.45, 7) is 5.84. The molecule has 0 bridgehead atoms. The molecule has 1 aromatic carbocycles. The molecule has 0 aliphatic carbocycles. The molecule has 1 fully saturated rings. The zero-order chi connectivity index (χ0) is 16.9. The molecule has 0 spiro atoms. The maximum Gasteiger partial charge on any atom is 0.221 e. The molecule has 2 rings (SSSR count). The molecule has 1 heterocycles. The van der Waals surface area contributed by atoms with E-state index in [0.717, 1.165) is 24.9 Å². The second-order valence-corrected chi connectivity index (χ2v) is 6.73. The first-order valence-corrected chi connectivity index (χ1v) is 8.19. The lowest BCUT2D eigenvalue weighted by Crippen LogP contribution is -2.39. The van der Waals surface area contributed by atoms with E-state index in [1.807, 2.05) is 18.2 Å². The minimum Gasteiger partial charge on any atom is -0.493 e. The predicted molar refractivity (Wildman–Crippen MR) is 98.5 cm³/mol. The van der Waals surface area contributed by atoms with Gasteiger partial charge in [-0.05, 0) is 37.1 Å². The Kier molecular flexibility index (Phi) is 7.84. The van der Waals surface area contributed by atoms with E-state index in [1.165, 1.54) is 0 Å². The van der Waals surface area contributed by atoms with Gasteiger partial charge in [-0.1, -0.05) is 19.9 Å². The number of ether oxygens (including phenoxy) is 2. The van der Waals surface area contributed by atoms with E-state index in [9.17, 15) is 4.79 Å². The SMILES string of the molecule is COc1ccc(C(C)(C)CNC(=O)CC2CCCN2)cc1OC.Cl. The van der Waals surface area contributed by atoms with Crippen LogP contribution in [0.5, 0.6) is 11.5 Å². The Balaban J connectivity index is 0.00000288. The second kappa shape index (κ2) is 9.14. The number of hydrogen-bond donors (Lipinski definition) is 2. The highest BCUT2D eigenvalue weighted by Crippen LogP contribution is 2.32. The van der Waals surface area contributed by atoms with Crippen LogP contribution < -0.4 is 20.1 Å². The Bertz CT molecular complexity index is 543. The molecular weight excluding hydrogens is 328 g/mol. The first-order chi connectivity index (χ1) is 11.0. The predicted octanol–water partition coefficient (Wildman–Crippen LogP) is 2.66. The summed E-state index contributed by atoms with van der Waals surface area (Å²) in [6, 6.07) is 6.23. The Morgan fingerprint density at radius 1 is 1.29 bits per heavy atom. The zero-order valence-corrected chi connectivity index (χ0v) is 15.8.